The molecule has 2 aliphatic rings. The standard InChI is InChI=1S/C17H32F3N5O/c1-14(17(18,19)20)24-7-9-25(10-8-24)15(21-2)22-13-16(23(3)4)5-11-26-12-6-16/h14H,5-13H2,1-4H3,(H,21,22). The minimum atomic E-state index is -4.18. The molecule has 2 saturated heterocycles. The third-order valence-electron chi connectivity index (χ3n) is 5.79. The molecule has 0 radical (unpaired) electrons. The molecule has 1 N–H and O–H groups in total. The van der Waals surface area contributed by atoms with Crippen LogP contribution < -0.4 is 5.32 Å². The van der Waals surface area contributed by atoms with E-state index in [0.717, 1.165) is 38.6 Å². The number of nitrogens with one attached hydrogen (secondary N) is 1. The summed E-state index contributed by atoms with van der Waals surface area (Å²) >= 11 is 0. The van der Waals surface area contributed by atoms with Gasteiger partial charge in [-0.2, -0.15) is 13.2 Å². The maximum Gasteiger partial charge on any atom is 0.403 e. The highest BCUT2D eigenvalue weighted by Gasteiger charge is 2.41. The maximum atomic E-state index is 12.9. The average Bonchev–Trinajstić information content (AvgIpc) is 2.62. The van der Waals surface area contributed by atoms with Gasteiger partial charge in [-0.05, 0) is 33.9 Å². The van der Waals surface area contributed by atoms with Crippen molar-refractivity contribution in [1.29, 1.82) is 0 Å². The molecule has 0 bridgehead atoms. The molecule has 152 valence electrons. The normalized spacial score (nSPS) is 24.0. The van der Waals surface area contributed by atoms with Crippen molar-refractivity contribution in [1.82, 2.24) is 20.0 Å². The molecular formula is C17H32F3N5O. The van der Waals surface area contributed by atoms with E-state index in [9.17, 15) is 13.2 Å². The molecule has 9 heteroatoms. The van der Waals surface area contributed by atoms with Crippen LogP contribution in [0.4, 0.5) is 13.2 Å². The largest absolute Gasteiger partial charge is 0.403 e. The van der Waals surface area contributed by atoms with E-state index in [-0.39, 0.29) is 5.54 Å². The van der Waals surface area contributed by atoms with E-state index in [1.54, 1.807) is 7.05 Å². The molecule has 1 unspecified atom stereocenters. The summed E-state index contributed by atoms with van der Waals surface area (Å²) < 4.78 is 44.2. The minimum absolute atomic E-state index is 0.0147. The molecule has 0 aliphatic carbocycles. The van der Waals surface area contributed by atoms with Crippen molar-refractivity contribution < 1.29 is 17.9 Å². The fourth-order valence-corrected chi connectivity index (χ4v) is 3.64. The number of halogens is 3. The van der Waals surface area contributed by atoms with Gasteiger partial charge >= 0.3 is 6.18 Å². The molecule has 2 rings (SSSR count). The first kappa shape index (κ1) is 21.2. The summed E-state index contributed by atoms with van der Waals surface area (Å²) in [5.41, 5.74) is 0.0147. The van der Waals surface area contributed by atoms with Crippen molar-refractivity contribution in [3.05, 3.63) is 0 Å². The predicted octanol–water partition coefficient (Wildman–Crippen LogP) is 1.24. The van der Waals surface area contributed by atoms with E-state index in [0.29, 0.717) is 26.2 Å². The van der Waals surface area contributed by atoms with Crippen molar-refractivity contribution in [2.45, 2.75) is 37.5 Å². The molecule has 2 aliphatic heterocycles. The van der Waals surface area contributed by atoms with Crippen molar-refractivity contribution >= 4 is 5.96 Å². The SMILES string of the molecule is CN=C(NCC1(N(C)C)CCOCC1)N1CCN(C(C)C(F)(F)F)CC1. The van der Waals surface area contributed by atoms with E-state index < -0.39 is 12.2 Å². The lowest BCUT2D eigenvalue weighted by Crippen LogP contribution is -2.60. The van der Waals surface area contributed by atoms with Crippen molar-refractivity contribution in [2.24, 2.45) is 4.99 Å². The maximum absolute atomic E-state index is 12.9. The summed E-state index contributed by atoms with van der Waals surface area (Å²) in [6, 6.07) is -1.40. The zero-order chi connectivity index (χ0) is 19.4. The van der Waals surface area contributed by atoms with Gasteiger partial charge in [0.25, 0.3) is 0 Å². The van der Waals surface area contributed by atoms with Crippen molar-refractivity contribution in [3.63, 3.8) is 0 Å². The molecule has 0 amide bonds. The van der Waals surface area contributed by atoms with E-state index in [4.69, 9.17) is 4.74 Å². The number of guanidine groups is 1. The zero-order valence-corrected chi connectivity index (χ0v) is 16.3. The number of hydrogen-bond acceptors (Lipinski definition) is 4. The van der Waals surface area contributed by atoms with Gasteiger partial charge in [-0.15, -0.1) is 0 Å². The lowest BCUT2D eigenvalue weighted by atomic mass is 9.88. The molecule has 0 spiro atoms. The third-order valence-corrected chi connectivity index (χ3v) is 5.79. The molecule has 0 saturated carbocycles. The third kappa shape index (κ3) is 5.01. The van der Waals surface area contributed by atoms with E-state index in [1.807, 2.05) is 4.90 Å². The van der Waals surface area contributed by atoms with Gasteiger partial charge in [-0.3, -0.25) is 9.89 Å². The van der Waals surface area contributed by atoms with Gasteiger partial charge in [0.15, 0.2) is 5.96 Å². The highest BCUT2D eigenvalue weighted by molar-refractivity contribution is 5.80. The number of rotatable bonds is 4. The minimum Gasteiger partial charge on any atom is -0.381 e. The Morgan fingerprint density at radius 2 is 1.77 bits per heavy atom. The van der Waals surface area contributed by atoms with Crippen molar-refractivity contribution in [2.75, 3.05) is 67.1 Å². The molecule has 26 heavy (non-hydrogen) atoms. The Bertz CT molecular complexity index is 470. The molecule has 0 aromatic rings. The van der Waals surface area contributed by atoms with Gasteiger partial charge in [-0.25, -0.2) is 0 Å². The highest BCUT2D eigenvalue weighted by Crippen LogP contribution is 2.26. The Morgan fingerprint density at radius 1 is 1.19 bits per heavy atom. The van der Waals surface area contributed by atoms with Crippen molar-refractivity contribution in [3.8, 4) is 0 Å². The van der Waals surface area contributed by atoms with Gasteiger partial charge in [-0.1, -0.05) is 0 Å². The van der Waals surface area contributed by atoms with E-state index in [1.165, 1.54) is 11.8 Å². The summed E-state index contributed by atoms with van der Waals surface area (Å²) in [5.74, 6) is 0.761. The molecule has 6 nitrogen and oxygen atoms in total. The van der Waals surface area contributed by atoms with Crippen LogP contribution in [0.2, 0.25) is 0 Å². The Hall–Kier alpha value is -1.06. The van der Waals surface area contributed by atoms with Gasteiger partial charge < -0.3 is 19.9 Å². The monoisotopic (exact) mass is 379 g/mol. The van der Waals surface area contributed by atoms with E-state index in [2.05, 4.69) is 29.3 Å². The number of piperazine rings is 1. The predicted molar refractivity (Wildman–Crippen MR) is 96.5 cm³/mol. The van der Waals surface area contributed by atoms with E-state index >= 15 is 0 Å². The van der Waals surface area contributed by atoms with Gasteiger partial charge in [0, 0.05) is 58.5 Å². The molecular weight excluding hydrogens is 347 g/mol. The fourth-order valence-electron chi connectivity index (χ4n) is 3.64. The second kappa shape index (κ2) is 8.75. The lowest BCUT2D eigenvalue weighted by Gasteiger charge is -2.44. The fraction of sp³-hybridized carbons (Fsp3) is 0.941. The van der Waals surface area contributed by atoms with Crippen LogP contribution in [0.5, 0.6) is 0 Å². The topological polar surface area (TPSA) is 43.3 Å². The Labute approximate surface area is 154 Å². The summed E-state index contributed by atoms with van der Waals surface area (Å²) in [6.45, 7) is 5.31. The second-order valence-electron chi connectivity index (χ2n) is 7.37. The smallest absolute Gasteiger partial charge is 0.381 e. The number of nitrogens with zero attached hydrogens (tertiary/aromatic N) is 4. The van der Waals surface area contributed by atoms with Gasteiger partial charge in [0.1, 0.15) is 6.04 Å². The molecule has 1 atom stereocenters. The number of hydrogen-bond donors (Lipinski definition) is 1. The van der Waals surface area contributed by atoms with Crippen LogP contribution in [0.1, 0.15) is 19.8 Å². The number of likely N-dealkylation sites (N-methyl/N-ethyl adjacent to an activating group) is 1. The summed E-state index contributed by atoms with van der Waals surface area (Å²) in [7, 11) is 5.87. The quantitative estimate of drug-likeness (QED) is 0.588. The van der Waals surface area contributed by atoms with Crippen LogP contribution in [-0.4, -0.2) is 105 Å². The van der Waals surface area contributed by atoms with Gasteiger partial charge in [0.05, 0.1) is 0 Å². The number of aliphatic imine (C=N–C) groups is 1. The number of alkyl halides is 3. The summed E-state index contributed by atoms with van der Waals surface area (Å²) in [4.78, 5) is 10.1. The Balaban J connectivity index is 1.90. The van der Waals surface area contributed by atoms with Crippen LogP contribution in [0.25, 0.3) is 0 Å². The summed E-state index contributed by atoms with van der Waals surface area (Å²) in [6.07, 6.45) is -2.29. The molecule has 0 aromatic carbocycles. The average molecular weight is 379 g/mol. The van der Waals surface area contributed by atoms with Crippen LogP contribution in [0.15, 0.2) is 4.99 Å². The molecule has 2 heterocycles. The number of ether oxygens (including phenoxy) is 1. The van der Waals surface area contributed by atoms with Crippen LogP contribution >= 0.6 is 0 Å². The second-order valence-corrected chi connectivity index (χ2v) is 7.37. The zero-order valence-electron chi connectivity index (χ0n) is 16.3. The van der Waals surface area contributed by atoms with Crippen LogP contribution in [0.3, 0.4) is 0 Å². The summed E-state index contributed by atoms with van der Waals surface area (Å²) in [5, 5.41) is 3.44. The van der Waals surface area contributed by atoms with Crippen LogP contribution in [0, 0.1) is 0 Å². The Morgan fingerprint density at radius 3 is 2.23 bits per heavy atom. The first-order chi connectivity index (χ1) is 12.2. The molecule has 0 aromatic heterocycles. The first-order valence-electron chi connectivity index (χ1n) is 9.21. The van der Waals surface area contributed by atoms with Gasteiger partial charge in [0.2, 0.25) is 0 Å². The highest BCUT2D eigenvalue weighted by atomic mass is 19.4. The molecule has 2 fully saturated rings. The Kier molecular flexibility index (Phi) is 7.15. The first-order valence-corrected chi connectivity index (χ1v) is 9.21. The lowest BCUT2D eigenvalue weighted by molar-refractivity contribution is -0.181. The van der Waals surface area contributed by atoms with Crippen LogP contribution in [-0.2, 0) is 4.74 Å².